The zero-order valence-corrected chi connectivity index (χ0v) is 16.4. The van der Waals surface area contributed by atoms with E-state index in [-0.39, 0.29) is 5.41 Å². The van der Waals surface area contributed by atoms with E-state index < -0.39 is 0 Å². The molecule has 1 N–H and O–H groups in total. The molecule has 2 heterocycles. The quantitative estimate of drug-likeness (QED) is 0.888. The second kappa shape index (κ2) is 7.83. The molecule has 0 aliphatic carbocycles. The van der Waals surface area contributed by atoms with E-state index in [0.29, 0.717) is 6.54 Å². The Morgan fingerprint density at radius 1 is 1.04 bits per heavy atom. The number of anilines is 1. The third-order valence-corrected chi connectivity index (χ3v) is 5.66. The minimum atomic E-state index is 0.0911. The van der Waals surface area contributed by atoms with Gasteiger partial charge in [-0.2, -0.15) is 0 Å². The highest BCUT2D eigenvalue weighted by molar-refractivity contribution is 6.02. The number of aliphatic imine (C=N–C) groups is 1. The molecule has 27 heavy (non-hydrogen) atoms. The van der Waals surface area contributed by atoms with Crippen LogP contribution in [0, 0.1) is 5.41 Å². The summed E-state index contributed by atoms with van der Waals surface area (Å²) in [5.74, 6) is 1.14. The highest BCUT2D eigenvalue weighted by atomic mass is 16.5. The standard InChI is InChI=1S/C23H29N3O/c1-26(2)17-19-7-5-6-18(14-19)16-24-22-23(10-12-27-13-11-23)15-20-8-3-4-9-21(20)25-22/h3-9,14H,10-13,15-17H2,1-2H3,(H,24,25). The lowest BCUT2D eigenvalue weighted by molar-refractivity contribution is 0.0448. The third kappa shape index (κ3) is 4.07. The monoisotopic (exact) mass is 363 g/mol. The van der Waals surface area contributed by atoms with Gasteiger partial charge in [0, 0.05) is 30.9 Å². The molecule has 0 unspecified atom stereocenters. The predicted octanol–water partition coefficient (Wildman–Crippen LogP) is 4.11. The van der Waals surface area contributed by atoms with Crippen molar-refractivity contribution in [2.75, 3.05) is 32.6 Å². The van der Waals surface area contributed by atoms with Crippen LogP contribution in [0.4, 0.5) is 5.69 Å². The van der Waals surface area contributed by atoms with Crippen molar-refractivity contribution in [2.45, 2.75) is 32.4 Å². The van der Waals surface area contributed by atoms with Crippen LogP contribution in [0.5, 0.6) is 0 Å². The molecule has 0 radical (unpaired) electrons. The van der Waals surface area contributed by atoms with Crippen molar-refractivity contribution in [1.29, 1.82) is 0 Å². The number of hydrogen-bond acceptors (Lipinski definition) is 3. The van der Waals surface area contributed by atoms with Crippen LogP contribution >= 0.6 is 0 Å². The summed E-state index contributed by atoms with van der Waals surface area (Å²) in [6.45, 7) is 3.31. The molecule has 2 aliphatic rings. The summed E-state index contributed by atoms with van der Waals surface area (Å²) in [4.78, 5) is 7.28. The molecule has 142 valence electrons. The molecular weight excluding hydrogens is 334 g/mol. The molecule has 1 spiro atoms. The zero-order chi connectivity index (χ0) is 18.7. The summed E-state index contributed by atoms with van der Waals surface area (Å²) in [5.41, 5.74) is 5.29. The fourth-order valence-electron chi connectivity index (χ4n) is 4.25. The van der Waals surface area contributed by atoms with E-state index in [4.69, 9.17) is 9.73 Å². The molecule has 4 rings (SSSR count). The van der Waals surface area contributed by atoms with Crippen molar-refractivity contribution >= 4 is 11.5 Å². The van der Waals surface area contributed by atoms with Crippen molar-refractivity contribution < 1.29 is 4.74 Å². The minimum Gasteiger partial charge on any atom is -0.381 e. The smallest absolute Gasteiger partial charge is 0.108 e. The van der Waals surface area contributed by atoms with Crippen LogP contribution in [0.2, 0.25) is 0 Å². The van der Waals surface area contributed by atoms with Gasteiger partial charge in [0.1, 0.15) is 5.84 Å². The molecule has 0 aromatic heterocycles. The average Bonchev–Trinajstić information content (AvgIpc) is 2.67. The molecule has 4 nitrogen and oxygen atoms in total. The van der Waals surface area contributed by atoms with Crippen molar-refractivity contribution in [2.24, 2.45) is 10.4 Å². The van der Waals surface area contributed by atoms with Crippen molar-refractivity contribution in [3.63, 3.8) is 0 Å². The van der Waals surface area contributed by atoms with E-state index >= 15 is 0 Å². The summed E-state index contributed by atoms with van der Waals surface area (Å²) in [7, 11) is 4.20. The fraction of sp³-hybridized carbons (Fsp3) is 0.435. The Labute approximate surface area is 162 Å². The summed E-state index contributed by atoms with van der Waals surface area (Å²) >= 11 is 0. The van der Waals surface area contributed by atoms with E-state index in [1.54, 1.807) is 0 Å². The molecular formula is C23H29N3O. The molecule has 0 bridgehead atoms. The third-order valence-electron chi connectivity index (χ3n) is 5.66. The highest BCUT2D eigenvalue weighted by Crippen LogP contribution is 2.41. The number of nitrogens with zero attached hydrogens (tertiary/aromatic N) is 2. The van der Waals surface area contributed by atoms with E-state index in [0.717, 1.165) is 44.9 Å². The summed E-state index contributed by atoms with van der Waals surface area (Å²) < 4.78 is 5.66. The van der Waals surface area contributed by atoms with Crippen LogP contribution in [-0.4, -0.2) is 38.0 Å². The van der Waals surface area contributed by atoms with Gasteiger partial charge < -0.3 is 15.0 Å². The molecule has 2 aromatic rings. The average molecular weight is 364 g/mol. The van der Waals surface area contributed by atoms with Gasteiger partial charge in [-0.05, 0) is 56.1 Å². The van der Waals surface area contributed by atoms with Gasteiger partial charge >= 0.3 is 0 Å². The molecule has 0 atom stereocenters. The Balaban J connectivity index is 1.60. The maximum absolute atomic E-state index is 5.66. The topological polar surface area (TPSA) is 36.9 Å². The normalized spacial score (nSPS) is 19.9. The lowest BCUT2D eigenvalue weighted by Gasteiger charge is -2.42. The van der Waals surface area contributed by atoms with Gasteiger partial charge in [0.25, 0.3) is 0 Å². The van der Waals surface area contributed by atoms with Crippen LogP contribution in [0.25, 0.3) is 0 Å². The van der Waals surface area contributed by atoms with Crippen LogP contribution in [0.3, 0.4) is 0 Å². The second-order valence-corrected chi connectivity index (χ2v) is 8.07. The Morgan fingerprint density at radius 3 is 2.63 bits per heavy atom. The summed E-state index contributed by atoms with van der Waals surface area (Å²) in [5, 5.41) is 3.66. The molecule has 4 heteroatoms. The van der Waals surface area contributed by atoms with Crippen LogP contribution < -0.4 is 5.32 Å². The van der Waals surface area contributed by atoms with Crippen molar-refractivity contribution in [1.82, 2.24) is 4.90 Å². The van der Waals surface area contributed by atoms with E-state index in [1.165, 1.54) is 22.4 Å². The maximum Gasteiger partial charge on any atom is 0.108 e. The largest absolute Gasteiger partial charge is 0.381 e. The number of fused-ring (bicyclic) bond motifs is 1. The number of rotatable bonds is 4. The van der Waals surface area contributed by atoms with Crippen molar-refractivity contribution in [3.05, 3.63) is 65.2 Å². The van der Waals surface area contributed by atoms with Gasteiger partial charge in [0.15, 0.2) is 0 Å². The lowest BCUT2D eigenvalue weighted by atomic mass is 9.71. The molecule has 0 saturated carbocycles. The van der Waals surface area contributed by atoms with Gasteiger partial charge in [-0.25, -0.2) is 0 Å². The summed E-state index contributed by atoms with van der Waals surface area (Å²) in [6, 6.07) is 17.4. The highest BCUT2D eigenvalue weighted by Gasteiger charge is 2.41. The number of nitrogens with one attached hydrogen (secondary N) is 1. The Hall–Kier alpha value is -2.17. The molecule has 0 amide bonds. The van der Waals surface area contributed by atoms with Gasteiger partial charge in [0.05, 0.1) is 6.54 Å². The Bertz CT molecular complexity index is 822. The number of ether oxygens (including phenoxy) is 1. The second-order valence-electron chi connectivity index (χ2n) is 8.07. The Morgan fingerprint density at radius 2 is 1.81 bits per heavy atom. The Kier molecular flexibility index (Phi) is 5.28. The number of hydrogen-bond donors (Lipinski definition) is 1. The lowest BCUT2D eigenvalue weighted by Crippen LogP contribution is -2.45. The van der Waals surface area contributed by atoms with Crippen molar-refractivity contribution in [3.8, 4) is 0 Å². The first-order valence-corrected chi connectivity index (χ1v) is 9.85. The summed E-state index contributed by atoms with van der Waals surface area (Å²) in [6.07, 6.45) is 3.13. The van der Waals surface area contributed by atoms with Gasteiger partial charge in [-0.1, -0.05) is 42.5 Å². The zero-order valence-electron chi connectivity index (χ0n) is 16.4. The number of para-hydroxylation sites is 1. The van der Waals surface area contributed by atoms with Gasteiger partial charge in [-0.3, -0.25) is 4.99 Å². The molecule has 1 fully saturated rings. The van der Waals surface area contributed by atoms with Crippen LogP contribution in [-0.2, 0) is 24.2 Å². The fourth-order valence-corrected chi connectivity index (χ4v) is 4.25. The molecule has 2 aromatic carbocycles. The first-order chi connectivity index (χ1) is 13.1. The van der Waals surface area contributed by atoms with E-state index in [9.17, 15) is 0 Å². The maximum atomic E-state index is 5.66. The van der Waals surface area contributed by atoms with Gasteiger partial charge in [0.2, 0.25) is 0 Å². The van der Waals surface area contributed by atoms with E-state index in [2.05, 4.69) is 72.8 Å². The number of benzene rings is 2. The van der Waals surface area contributed by atoms with Gasteiger partial charge in [-0.15, -0.1) is 0 Å². The molecule has 1 saturated heterocycles. The minimum absolute atomic E-state index is 0.0911. The SMILES string of the molecule is CN(C)Cc1cccc(CN=C2Nc3ccccc3CC23CCOCC3)c1. The van der Waals surface area contributed by atoms with Crippen LogP contribution in [0.1, 0.15) is 29.5 Å². The molecule has 2 aliphatic heterocycles. The first kappa shape index (κ1) is 18.2. The first-order valence-electron chi connectivity index (χ1n) is 9.85. The van der Waals surface area contributed by atoms with Crippen LogP contribution in [0.15, 0.2) is 53.5 Å². The van der Waals surface area contributed by atoms with E-state index in [1.807, 2.05) is 0 Å². The predicted molar refractivity (Wildman–Crippen MR) is 111 cm³/mol. The number of amidine groups is 1.